The van der Waals surface area contributed by atoms with Crippen LogP contribution in [0.3, 0.4) is 0 Å². The van der Waals surface area contributed by atoms with E-state index < -0.39 is 0 Å². The molecular formula is C20H26ClN3O3. The van der Waals surface area contributed by atoms with E-state index in [2.05, 4.69) is 15.6 Å². The van der Waals surface area contributed by atoms with Crippen LogP contribution in [0.2, 0.25) is 0 Å². The number of pyridine rings is 1. The van der Waals surface area contributed by atoms with Gasteiger partial charge >= 0.3 is 0 Å². The van der Waals surface area contributed by atoms with E-state index in [0.29, 0.717) is 19.7 Å². The first-order chi connectivity index (χ1) is 12.8. The average molecular weight is 392 g/mol. The van der Waals surface area contributed by atoms with Crippen LogP contribution < -0.4 is 20.1 Å². The van der Waals surface area contributed by atoms with Crippen LogP contribution in [0.1, 0.15) is 5.56 Å². The molecule has 1 aliphatic rings. The van der Waals surface area contributed by atoms with Crippen LogP contribution in [0.4, 0.5) is 0 Å². The van der Waals surface area contributed by atoms with Gasteiger partial charge < -0.3 is 20.1 Å². The zero-order valence-corrected chi connectivity index (χ0v) is 16.2. The lowest BCUT2D eigenvalue weighted by atomic mass is 9.96. The number of halogens is 1. The van der Waals surface area contributed by atoms with Gasteiger partial charge in [-0.3, -0.25) is 9.78 Å². The summed E-state index contributed by atoms with van der Waals surface area (Å²) in [6, 6.07) is 11.6. The van der Waals surface area contributed by atoms with Crippen LogP contribution in [-0.2, 0) is 11.2 Å². The number of carbonyl (C=O) groups excluding carboxylic acids is 1. The third kappa shape index (κ3) is 5.84. The number of benzene rings is 1. The second-order valence-corrected chi connectivity index (χ2v) is 6.38. The van der Waals surface area contributed by atoms with E-state index in [0.717, 1.165) is 30.0 Å². The molecule has 0 radical (unpaired) electrons. The van der Waals surface area contributed by atoms with E-state index in [1.807, 2.05) is 36.4 Å². The Bertz CT molecular complexity index is 715. The molecule has 1 aromatic carbocycles. The largest absolute Gasteiger partial charge is 0.496 e. The Balaban J connectivity index is 0.00000261. The normalized spacial score (nSPS) is 18.4. The van der Waals surface area contributed by atoms with E-state index in [-0.39, 0.29) is 30.2 Å². The lowest BCUT2D eigenvalue weighted by Gasteiger charge is -2.19. The first-order valence-electron chi connectivity index (χ1n) is 8.91. The van der Waals surface area contributed by atoms with E-state index in [1.165, 1.54) is 0 Å². The Hall–Kier alpha value is -2.31. The summed E-state index contributed by atoms with van der Waals surface area (Å²) in [7, 11) is 1.66. The van der Waals surface area contributed by atoms with Crippen molar-refractivity contribution >= 4 is 18.3 Å². The number of methoxy groups -OCH3 is 1. The number of nitrogens with zero attached hydrogens (tertiary/aromatic N) is 1. The summed E-state index contributed by atoms with van der Waals surface area (Å²) in [5.74, 6) is 1.73. The van der Waals surface area contributed by atoms with E-state index in [4.69, 9.17) is 9.47 Å². The van der Waals surface area contributed by atoms with Gasteiger partial charge in [0.25, 0.3) is 0 Å². The number of carbonyl (C=O) groups is 1. The van der Waals surface area contributed by atoms with Crippen molar-refractivity contribution in [2.75, 3.05) is 33.4 Å². The number of ether oxygens (including phenoxy) is 2. The van der Waals surface area contributed by atoms with E-state index in [9.17, 15) is 4.79 Å². The minimum absolute atomic E-state index is 0. The van der Waals surface area contributed by atoms with E-state index >= 15 is 0 Å². The Morgan fingerprint density at radius 1 is 1.26 bits per heavy atom. The van der Waals surface area contributed by atoms with Crippen LogP contribution >= 0.6 is 12.4 Å². The lowest BCUT2D eigenvalue weighted by Crippen LogP contribution is -2.37. The number of hydrogen-bond acceptors (Lipinski definition) is 5. The summed E-state index contributed by atoms with van der Waals surface area (Å²) >= 11 is 0. The van der Waals surface area contributed by atoms with Crippen molar-refractivity contribution in [1.82, 2.24) is 15.6 Å². The monoisotopic (exact) mass is 391 g/mol. The molecule has 1 aliphatic heterocycles. The second-order valence-electron chi connectivity index (χ2n) is 6.38. The first-order valence-corrected chi connectivity index (χ1v) is 8.91. The van der Waals surface area contributed by atoms with Crippen LogP contribution in [-0.4, -0.2) is 44.2 Å². The van der Waals surface area contributed by atoms with Crippen LogP contribution in [0.5, 0.6) is 11.5 Å². The Morgan fingerprint density at radius 3 is 2.89 bits per heavy atom. The molecule has 0 saturated carbocycles. The summed E-state index contributed by atoms with van der Waals surface area (Å²) in [6.07, 6.45) is 4.14. The molecular weight excluding hydrogens is 366 g/mol. The molecule has 6 nitrogen and oxygen atoms in total. The maximum absolute atomic E-state index is 12.6. The SMILES string of the molecule is COc1ccccc1CCNC(=O)[C@@H]1CNC[C@H]1COc1cccnc1.Cl. The van der Waals surface area contributed by atoms with Gasteiger partial charge in [0.2, 0.25) is 5.91 Å². The fourth-order valence-electron chi connectivity index (χ4n) is 3.21. The molecule has 2 atom stereocenters. The van der Waals surface area contributed by atoms with Crippen molar-refractivity contribution in [1.29, 1.82) is 0 Å². The molecule has 2 heterocycles. The van der Waals surface area contributed by atoms with E-state index in [1.54, 1.807) is 19.5 Å². The lowest BCUT2D eigenvalue weighted by molar-refractivity contribution is -0.125. The van der Waals surface area contributed by atoms with Gasteiger partial charge in [-0.05, 0) is 30.2 Å². The average Bonchev–Trinajstić information content (AvgIpc) is 3.16. The summed E-state index contributed by atoms with van der Waals surface area (Å²) in [5.41, 5.74) is 1.09. The van der Waals surface area contributed by atoms with Crippen molar-refractivity contribution in [3.05, 3.63) is 54.4 Å². The summed E-state index contributed by atoms with van der Waals surface area (Å²) in [5, 5.41) is 6.34. The summed E-state index contributed by atoms with van der Waals surface area (Å²) < 4.78 is 11.1. The number of amides is 1. The molecule has 1 fully saturated rings. The number of nitrogens with one attached hydrogen (secondary N) is 2. The molecule has 1 saturated heterocycles. The zero-order valence-electron chi connectivity index (χ0n) is 15.4. The molecule has 7 heteroatoms. The van der Waals surface area contributed by atoms with Crippen LogP contribution in [0.15, 0.2) is 48.8 Å². The third-order valence-electron chi connectivity index (χ3n) is 4.66. The third-order valence-corrected chi connectivity index (χ3v) is 4.66. The topological polar surface area (TPSA) is 72.5 Å². The fraction of sp³-hybridized carbons (Fsp3) is 0.400. The highest BCUT2D eigenvalue weighted by Crippen LogP contribution is 2.20. The predicted octanol–water partition coefficient (Wildman–Crippen LogP) is 2.09. The van der Waals surface area contributed by atoms with Gasteiger partial charge in [0.15, 0.2) is 0 Å². The minimum atomic E-state index is -0.0793. The number of aromatic nitrogens is 1. The minimum Gasteiger partial charge on any atom is -0.496 e. The van der Waals surface area contributed by atoms with Gasteiger partial charge in [-0.1, -0.05) is 18.2 Å². The molecule has 1 amide bonds. The molecule has 2 N–H and O–H groups in total. The molecule has 3 rings (SSSR count). The molecule has 27 heavy (non-hydrogen) atoms. The smallest absolute Gasteiger partial charge is 0.224 e. The first kappa shape index (κ1) is 21.0. The Kier molecular flexibility index (Phi) is 8.36. The molecule has 1 aromatic heterocycles. The van der Waals surface area contributed by atoms with Gasteiger partial charge in [0.05, 0.1) is 25.8 Å². The van der Waals surface area contributed by atoms with Gasteiger partial charge in [-0.25, -0.2) is 0 Å². The van der Waals surface area contributed by atoms with Crippen molar-refractivity contribution in [3.63, 3.8) is 0 Å². The highest BCUT2D eigenvalue weighted by atomic mass is 35.5. The highest BCUT2D eigenvalue weighted by molar-refractivity contribution is 5.85. The van der Waals surface area contributed by atoms with Crippen LogP contribution in [0.25, 0.3) is 0 Å². The number of hydrogen-bond donors (Lipinski definition) is 2. The summed E-state index contributed by atoms with van der Waals surface area (Å²) in [6.45, 7) is 2.56. The quantitative estimate of drug-likeness (QED) is 0.720. The van der Waals surface area contributed by atoms with Gasteiger partial charge in [-0.15, -0.1) is 12.4 Å². The second kappa shape index (κ2) is 10.7. The molecule has 0 bridgehead atoms. The molecule has 2 aromatic rings. The Labute approximate surface area is 166 Å². The maximum Gasteiger partial charge on any atom is 0.224 e. The van der Waals surface area contributed by atoms with Gasteiger partial charge in [0.1, 0.15) is 11.5 Å². The maximum atomic E-state index is 12.6. The number of para-hydroxylation sites is 1. The highest BCUT2D eigenvalue weighted by Gasteiger charge is 2.33. The molecule has 0 unspecified atom stereocenters. The van der Waals surface area contributed by atoms with Crippen molar-refractivity contribution in [2.45, 2.75) is 6.42 Å². The number of rotatable bonds is 8. The zero-order chi connectivity index (χ0) is 18.2. The van der Waals surface area contributed by atoms with Crippen molar-refractivity contribution < 1.29 is 14.3 Å². The summed E-state index contributed by atoms with van der Waals surface area (Å²) in [4.78, 5) is 16.6. The molecule has 0 aliphatic carbocycles. The standard InChI is InChI=1S/C20H25N3O3.ClH/c1-25-19-7-3-2-5-15(19)8-10-23-20(24)18-13-22-11-16(18)14-26-17-6-4-9-21-12-17;/h2-7,9,12,16,18,22H,8,10-11,13-14H2,1H3,(H,23,24);1H/t16-,18+;/m0./s1. The van der Waals surface area contributed by atoms with Gasteiger partial charge in [0, 0.05) is 31.7 Å². The van der Waals surface area contributed by atoms with Crippen LogP contribution in [0, 0.1) is 11.8 Å². The predicted molar refractivity (Wildman–Crippen MR) is 107 cm³/mol. The van der Waals surface area contributed by atoms with Crippen molar-refractivity contribution in [3.8, 4) is 11.5 Å². The molecule has 0 spiro atoms. The van der Waals surface area contributed by atoms with Crippen molar-refractivity contribution in [2.24, 2.45) is 11.8 Å². The fourth-order valence-corrected chi connectivity index (χ4v) is 3.21. The molecule has 146 valence electrons. The Morgan fingerprint density at radius 2 is 2.11 bits per heavy atom. The van der Waals surface area contributed by atoms with Gasteiger partial charge in [-0.2, -0.15) is 0 Å².